The summed E-state index contributed by atoms with van der Waals surface area (Å²) in [6.45, 7) is 0. The molecule has 0 saturated carbocycles. The van der Waals surface area contributed by atoms with Crippen molar-refractivity contribution in [2.24, 2.45) is 0 Å². The summed E-state index contributed by atoms with van der Waals surface area (Å²) in [7, 11) is 0. The van der Waals surface area contributed by atoms with Gasteiger partial charge in [0, 0.05) is 0 Å². The third-order valence-corrected chi connectivity index (χ3v) is 0. The molecule has 30 valence electrons. The van der Waals surface area contributed by atoms with Gasteiger partial charge in [0.05, 0.1) is 0 Å². The Hall–Kier alpha value is 1.88. The molecule has 0 aliphatic carbocycles. The van der Waals surface area contributed by atoms with Gasteiger partial charge in [-0.3, -0.25) is 0 Å². The van der Waals surface area contributed by atoms with Crippen LogP contribution < -0.4 is 0 Å². The second-order valence-corrected chi connectivity index (χ2v) is 0. The predicted octanol–water partition coefficient (Wildman–Crippen LogP) is -0.388. The number of rotatable bonds is 0. The fourth-order valence-electron chi connectivity index (χ4n) is 0. The van der Waals surface area contributed by atoms with Crippen LogP contribution in [0.3, 0.4) is 0 Å². The molecule has 0 aliphatic rings. The maximum Gasteiger partial charge on any atom is 2.00 e. The van der Waals surface area contributed by atoms with Crippen LogP contribution in [0.4, 0.5) is 0 Å². The van der Waals surface area contributed by atoms with Crippen molar-refractivity contribution in [3.8, 4) is 0 Å². The van der Waals surface area contributed by atoms with E-state index >= 15 is 0 Å². The second-order valence-electron chi connectivity index (χ2n) is 0. The van der Waals surface area contributed by atoms with Gasteiger partial charge < -0.3 is 30.6 Å². The van der Waals surface area contributed by atoms with E-state index in [0.717, 1.165) is 0 Å². The Morgan fingerprint density at radius 1 is 0.750 bits per heavy atom. The van der Waals surface area contributed by atoms with Crippen LogP contribution in [0, 0.1) is 0 Å². The molecule has 4 heavy (non-hydrogen) atoms. The van der Waals surface area contributed by atoms with Crippen LogP contribution in [0.25, 0.3) is 0 Å². The summed E-state index contributed by atoms with van der Waals surface area (Å²) >= 11 is 0. The summed E-state index contributed by atoms with van der Waals surface area (Å²) in [6.07, 6.45) is 0. The van der Waals surface area contributed by atoms with Gasteiger partial charge in [-0.15, -0.1) is 0 Å². The van der Waals surface area contributed by atoms with Crippen molar-refractivity contribution >= 4 is 30.6 Å². The van der Waals surface area contributed by atoms with Gasteiger partial charge in [0.2, 0.25) is 0 Å². The van der Waals surface area contributed by atoms with E-state index in [-0.39, 0.29) is 64.1 Å². The van der Waals surface area contributed by atoms with E-state index in [9.17, 15) is 0 Å². The normalized spacial score (nSPS) is 0. The minimum absolute atomic E-state index is 0. The molecule has 0 rings (SSSR count). The molecule has 2 radical (unpaired) electrons. The van der Waals surface area contributed by atoms with Crippen molar-refractivity contribution in [1.82, 2.24) is 0 Å². The topological polar surface area (TPSA) is 0 Å². The average molecular weight is 229 g/mol. The van der Waals surface area contributed by atoms with E-state index in [1.54, 1.807) is 0 Å². The Labute approximate surface area is 63.8 Å². The number of hydrogen-bond acceptors (Lipinski definition) is 0. The van der Waals surface area contributed by atoms with Crippen LogP contribution in [0.15, 0.2) is 0 Å². The van der Waals surface area contributed by atoms with Crippen molar-refractivity contribution in [3.05, 3.63) is 0 Å². The van der Waals surface area contributed by atoms with Gasteiger partial charge in [0.15, 0.2) is 0 Å². The Morgan fingerprint density at radius 3 is 0.750 bits per heavy atom. The third-order valence-electron chi connectivity index (χ3n) is 0. The van der Waals surface area contributed by atoms with Crippen molar-refractivity contribution in [2.75, 3.05) is 0 Å². The molecule has 0 unspecified atom stereocenters. The molecule has 0 bridgehead atoms. The van der Waals surface area contributed by atoms with Gasteiger partial charge >= 0.3 is 33.6 Å². The van der Waals surface area contributed by atoms with Gasteiger partial charge in [-0.2, -0.15) is 0 Å². The zero-order valence-electron chi connectivity index (χ0n) is 1.48. The van der Waals surface area contributed by atoms with Crippen molar-refractivity contribution < 1.29 is 33.6 Å². The molecule has 0 aromatic carbocycles. The Kier molecular flexibility index (Phi) is 205. The first-order valence-corrected chi connectivity index (χ1v) is 0. The Bertz CT molecular complexity index is 6.00. The standard InChI is InChI=1S/2Co.S.Se/q2*+2;2*-2. The summed E-state index contributed by atoms with van der Waals surface area (Å²) in [5.74, 6) is 0. The molecule has 0 fully saturated rings. The maximum atomic E-state index is 0. The summed E-state index contributed by atoms with van der Waals surface area (Å²) in [5, 5.41) is 0. The summed E-state index contributed by atoms with van der Waals surface area (Å²) in [5.41, 5.74) is 0. The third kappa shape index (κ3) is 9.10. The van der Waals surface area contributed by atoms with Gasteiger partial charge in [-0.05, 0) is 0 Å². The van der Waals surface area contributed by atoms with E-state index in [2.05, 4.69) is 0 Å². The van der Waals surface area contributed by atoms with Crippen molar-refractivity contribution in [2.45, 2.75) is 0 Å². The second kappa shape index (κ2) is 20.8. The first-order chi connectivity index (χ1) is 0. The zero-order chi connectivity index (χ0) is 0. The average Bonchev–Trinajstić information content (AvgIpc) is 0. The zero-order valence-corrected chi connectivity index (χ0v) is 6.09. The first-order valence-electron chi connectivity index (χ1n) is 0. The molecule has 0 saturated heterocycles. The molecule has 0 heterocycles. The largest absolute Gasteiger partial charge is 2.00 e. The Balaban J connectivity index is 0. The Morgan fingerprint density at radius 2 is 0.750 bits per heavy atom. The van der Waals surface area contributed by atoms with E-state index in [4.69, 9.17) is 0 Å². The van der Waals surface area contributed by atoms with E-state index in [1.165, 1.54) is 0 Å². The predicted molar refractivity (Wildman–Crippen MR) is 13.1 cm³/mol. The van der Waals surface area contributed by atoms with Crippen molar-refractivity contribution in [1.29, 1.82) is 0 Å². The van der Waals surface area contributed by atoms with Crippen molar-refractivity contribution in [3.63, 3.8) is 0 Å². The summed E-state index contributed by atoms with van der Waals surface area (Å²) < 4.78 is 0. The quantitative estimate of drug-likeness (QED) is 0.496. The van der Waals surface area contributed by atoms with Gasteiger partial charge in [0.1, 0.15) is 0 Å². The minimum Gasteiger partial charge on any atom is -2.00 e. The molecule has 0 aromatic heterocycles. The molecule has 0 spiro atoms. The molecule has 0 aromatic rings. The molecule has 0 N–H and O–H groups in total. The molecule has 0 aliphatic heterocycles. The SMILES string of the molecule is [Co+2].[Co+2].[S-2].[Se-2]. The minimum atomic E-state index is 0. The van der Waals surface area contributed by atoms with Gasteiger partial charge in [-0.25, -0.2) is 0 Å². The molecular formula is Co2SSe. The smallest absolute Gasteiger partial charge is 2.00 e. The fraction of sp³-hybridized carbons (Fsp3) is 0. The molecular weight excluding hydrogens is 229 g/mol. The molecule has 0 atom stereocenters. The maximum absolute atomic E-state index is 0. The molecule has 0 amide bonds. The van der Waals surface area contributed by atoms with Gasteiger partial charge in [-0.1, -0.05) is 0 Å². The van der Waals surface area contributed by atoms with E-state index in [0.29, 0.717) is 0 Å². The monoisotopic (exact) mass is 230 g/mol. The molecule has 4 heteroatoms. The summed E-state index contributed by atoms with van der Waals surface area (Å²) in [6, 6.07) is 0. The van der Waals surface area contributed by atoms with Crippen LogP contribution in [-0.2, 0) is 47.1 Å². The van der Waals surface area contributed by atoms with E-state index in [1.807, 2.05) is 0 Å². The summed E-state index contributed by atoms with van der Waals surface area (Å²) in [4.78, 5) is 0. The molecule has 0 nitrogen and oxygen atoms in total. The number of hydrogen-bond donors (Lipinski definition) is 0. The van der Waals surface area contributed by atoms with E-state index < -0.39 is 0 Å². The van der Waals surface area contributed by atoms with Gasteiger partial charge in [0.25, 0.3) is 0 Å². The first kappa shape index (κ1) is 39.6. The van der Waals surface area contributed by atoms with Crippen LogP contribution in [0.2, 0.25) is 0 Å². The fourth-order valence-corrected chi connectivity index (χ4v) is 0. The van der Waals surface area contributed by atoms with Crippen LogP contribution in [0.1, 0.15) is 0 Å². The van der Waals surface area contributed by atoms with Crippen LogP contribution >= 0.6 is 0 Å². The van der Waals surface area contributed by atoms with Crippen LogP contribution in [-0.4, -0.2) is 17.1 Å². The van der Waals surface area contributed by atoms with Crippen LogP contribution in [0.5, 0.6) is 0 Å².